The van der Waals surface area contributed by atoms with Crippen molar-refractivity contribution in [2.24, 2.45) is 0 Å². The van der Waals surface area contributed by atoms with Crippen LogP contribution in [-0.4, -0.2) is 13.7 Å². The van der Waals surface area contributed by atoms with Crippen molar-refractivity contribution in [1.82, 2.24) is 0 Å². The molecule has 0 radical (unpaired) electrons. The first-order valence-corrected chi connectivity index (χ1v) is 6.13. The predicted octanol–water partition coefficient (Wildman–Crippen LogP) is 3.23. The maximum atomic E-state index is 8.96. The minimum absolute atomic E-state index is 0.362. The molecule has 2 aromatic carbocycles. The molecule has 0 fully saturated rings. The van der Waals surface area contributed by atoms with Crippen molar-refractivity contribution in [2.45, 2.75) is 6.54 Å². The van der Waals surface area contributed by atoms with Crippen molar-refractivity contribution >= 4 is 5.69 Å². The van der Waals surface area contributed by atoms with Crippen LogP contribution in [0.2, 0.25) is 0 Å². The third-order valence-corrected chi connectivity index (χ3v) is 2.92. The number of rotatable bonds is 5. The average Bonchev–Trinajstić information content (AvgIpc) is 2.48. The highest BCUT2D eigenvalue weighted by Gasteiger charge is 2.06. The van der Waals surface area contributed by atoms with E-state index in [1.165, 1.54) is 5.56 Å². The molecule has 0 bridgehead atoms. The van der Waals surface area contributed by atoms with E-state index >= 15 is 0 Å². The van der Waals surface area contributed by atoms with Crippen molar-refractivity contribution in [3.63, 3.8) is 0 Å². The van der Waals surface area contributed by atoms with E-state index in [0.717, 1.165) is 18.0 Å². The van der Waals surface area contributed by atoms with Gasteiger partial charge in [-0.3, -0.25) is 0 Å². The molecule has 0 aliphatic rings. The molecule has 0 spiro atoms. The van der Waals surface area contributed by atoms with Gasteiger partial charge in [-0.25, -0.2) is 0 Å². The molecule has 2 aromatic rings. The largest absolute Gasteiger partial charge is 0.497 e. The Labute approximate surface area is 113 Å². The van der Waals surface area contributed by atoms with E-state index in [0.29, 0.717) is 6.54 Å². The summed E-state index contributed by atoms with van der Waals surface area (Å²) >= 11 is 0. The molecule has 0 saturated heterocycles. The van der Waals surface area contributed by atoms with Gasteiger partial charge in [0.15, 0.2) is 0 Å². The van der Waals surface area contributed by atoms with Gasteiger partial charge < -0.3 is 9.64 Å². The Morgan fingerprint density at radius 1 is 1.05 bits per heavy atom. The molecule has 0 atom stereocenters. The van der Waals surface area contributed by atoms with E-state index in [1.54, 1.807) is 7.11 Å². The molecule has 2 rings (SSSR count). The van der Waals surface area contributed by atoms with Crippen molar-refractivity contribution in [3.05, 3.63) is 60.2 Å². The van der Waals surface area contributed by atoms with E-state index in [9.17, 15) is 0 Å². The quantitative estimate of drug-likeness (QED) is 0.766. The number of ether oxygens (including phenoxy) is 1. The summed E-state index contributed by atoms with van der Waals surface area (Å²) in [4.78, 5) is 2.04. The molecule has 19 heavy (non-hydrogen) atoms. The zero-order valence-electron chi connectivity index (χ0n) is 10.9. The van der Waals surface area contributed by atoms with Gasteiger partial charge in [-0.15, -0.1) is 0 Å². The zero-order valence-corrected chi connectivity index (χ0v) is 10.9. The van der Waals surface area contributed by atoms with E-state index in [4.69, 9.17) is 10.00 Å². The van der Waals surface area contributed by atoms with Crippen LogP contribution in [0.5, 0.6) is 5.75 Å². The van der Waals surface area contributed by atoms with Crippen molar-refractivity contribution in [2.75, 3.05) is 18.6 Å². The summed E-state index contributed by atoms with van der Waals surface area (Å²) < 4.78 is 5.14. The van der Waals surface area contributed by atoms with E-state index in [1.807, 2.05) is 47.4 Å². The van der Waals surface area contributed by atoms with E-state index in [2.05, 4.69) is 18.2 Å². The second kappa shape index (κ2) is 6.46. The van der Waals surface area contributed by atoms with Crippen LogP contribution < -0.4 is 9.64 Å². The highest BCUT2D eigenvalue weighted by atomic mass is 16.5. The zero-order chi connectivity index (χ0) is 13.5. The molecule has 96 valence electrons. The SMILES string of the molecule is COc1ccc(N(CC#N)Cc2ccccc2)cc1. The molecule has 0 heterocycles. The fourth-order valence-corrected chi connectivity index (χ4v) is 1.92. The van der Waals surface area contributed by atoms with Crippen LogP contribution in [0.15, 0.2) is 54.6 Å². The lowest BCUT2D eigenvalue weighted by molar-refractivity contribution is 0.415. The maximum Gasteiger partial charge on any atom is 0.119 e. The molecule has 0 amide bonds. The van der Waals surface area contributed by atoms with Crippen LogP contribution in [0.25, 0.3) is 0 Å². The van der Waals surface area contributed by atoms with Gasteiger partial charge in [-0.1, -0.05) is 30.3 Å². The number of benzene rings is 2. The number of nitriles is 1. The second-order valence-corrected chi connectivity index (χ2v) is 4.20. The topological polar surface area (TPSA) is 36.3 Å². The first-order chi connectivity index (χ1) is 9.33. The van der Waals surface area contributed by atoms with Crippen LogP contribution in [0.3, 0.4) is 0 Å². The Bertz CT molecular complexity index is 543. The molecule has 0 aliphatic heterocycles. The van der Waals surface area contributed by atoms with Gasteiger partial charge in [0.2, 0.25) is 0 Å². The summed E-state index contributed by atoms with van der Waals surface area (Å²) in [7, 11) is 1.64. The molecule has 0 aromatic heterocycles. The molecule has 0 saturated carbocycles. The fourth-order valence-electron chi connectivity index (χ4n) is 1.92. The second-order valence-electron chi connectivity index (χ2n) is 4.20. The van der Waals surface area contributed by atoms with Crippen LogP contribution in [-0.2, 0) is 6.54 Å². The number of methoxy groups -OCH3 is 1. The smallest absolute Gasteiger partial charge is 0.119 e. The molecule has 0 unspecified atom stereocenters. The Balaban J connectivity index is 2.17. The summed E-state index contributed by atoms with van der Waals surface area (Å²) in [5.74, 6) is 0.820. The fraction of sp³-hybridized carbons (Fsp3) is 0.188. The summed E-state index contributed by atoms with van der Waals surface area (Å²) in [5, 5.41) is 8.96. The standard InChI is InChI=1S/C16H16N2O/c1-19-16-9-7-15(8-10-16)18(12-11-17)13-14-5-3-2-4-6-14/h2-10H,12-13H2,1H3. The molecule has 0 aliphatic carbocycles. The highest BCUT2D eigenvalue weighted by molar-refractivity contribution is 5.50. The Morgan fingerprint density at radius 2 is 1.74 bits per heavy atom. The Morgan fingerprint density at radius 3 is 2.32 bits per heavy atom. The highest BCUT2D eigenvalue weighted by Crippen LogP contribution is 2.20. The van der Waals surface area contributed by atoms with Crippen LogP contribution in [0.1, 0.15) is 5.56 Å². The summed E-state index contributed by atoms with van der Waals surface area (Å²) in [6, 6.07) is 20.1. The van der Waals surface area contributed by atoms with Crippen LogP contribution in [0.4, 0.5) is 5.69 Å². The van der Waals surface area contributed by atoms with Crippen LogP contribution >= 0.6 is 0 Å². The first kappa shape index (κ1) is 13.0. The number of nitrogens with zero attached hydrogens (tertiary/aromatic N) is 2. The molecular formula is C16H16N2O. The average molecular weight is 252 g/mol. The minimum Gasteiger partial charge on any atom is -0.497 e. The third-order valence-electron chi connectivity index (χ3n) is 2.92. The van der Waals surface area contributed by atoms with E-state index < -0.39 is 0 Å². The summed E-state index contributed by atoms with van der Waals surface area (Å²) in [6.45, 7) is 1.09. The Hall–Kier alpha value is -2.47. The predicted molar refractivity (Wildman–Crippen MR) is 76.1 cm³/mol. The molecule has 3 heteroatoms. The summed E-state index contributed by atoms with van der Waals surface area (Å²) in [5.41, 5.74) is 2.21. The minimum atomic E-state index is 0.362. The van der Waals surface area contributed by atoms with E-state index in [-0.39, 0.29) is 0 Å². The van der Waals surface area contributed by atoms with Crippen molar-refractivity contribution in [3.8, 4) is 11.8 Å². The van der Waals surface area contributed by atoms with Gasteiger partial charge in [0, 0.05) is 12.2 Å². The molecule has 0 N–H and O–H groups in total. The lowest BCUT2D eigenvalue weighted by atomic mass is 10.2. The van der Waals surface area contributed by atoms with Gasteiger partial charge >= 0.3 is 0 Å². The number of hydrogen-bond acceptors (Lipinski definition) is 3. The molecule has 3 nitrogen and oxygen atoms in total. The first-order valence-electron chi connectivity index (χ1n) is 6.13. The van der Waals surface area contributed by atoms with Crippen molar-refractivity contribution < 1.29 is 4.74 Å². The lowest BCUT2D eigenvalue weighted by Gasteiger charge is -2.22. The Kier molecular flexibility index (Phi) is 4.41. The third kappa shape index (κ3) is 3.49. The normalized spacial score (nSPS) is 9.68. The van der Waals surface area contributed by atoms with Crippen LogP contribution in [0, 0.1) is 11.3 Å². The maximum absolute atomic E-state index is 8.96. The lowest BCUT2D eigenvalue weighted by Crippen LogP contribution is -2.22. The van der Waals surface area contributed by atoms with Gasteiger partial charge in [0.1, 0.15) is 12.3 Å². The van der Waals surface area contributed by atoms with Gasteiger partial charge in [0.05, 0.1) is 13.2 Å². The molecular weight excluding hydrogens is 236 g/mol. The number of hydrogen-bond donors (Lipinski definition) is 0. The monoisotopic (exact) mass is 252 g/mol. The summed E-state index contributed by atoms with van der Waals surface area (Å²) in [6.07, 6.45) is 0. The van der Waals surface area contributed by atoms with Gasteiger partial charge in [-0.05, 0) is 29.8 Å². The van der Waals surface area contributed by atoms with Crippen molar-refractivity contribution in [1.29, 1.82) is 5.26 Å². The van der Waals surface area contributed by atoms with Gasteiger partial charge in [0.25, 0.3) is 0 Å². The number of anilines is 1. The van der Waals surface area contributed by atoms with Gasteiger partial charge in [-0.2, -0.15) is 5.26 Å².